The third-order valence-electron chi connectivity index (χ3n) is 1.05. The van der Waals surface area contributed by atoms with Crippen LogP contribution in [0.1, 0.15) is 20.3 Å². The van der Waals surface area contributed by atoms with Crippen molar-refractivity contribution < 1.29 is 9.59 Å². The Bertz CT molecular complexity index is 178. The molecule has 1 aliphatic carbocycles. The molecule has 0 aromatic heterocycles. The molecule has 2 nitrogen and oxygen atoms in total. The minimum atomic E-state index is -0.427. The van der Waals surface area contributed by atoms with Crippen molar-refractivity contribution in [2.24, 2.45) is 0 Å². The van der Waals surface area contributed by atoms with E-state index >= 15 is 0 Å². The Kier molecular flexibility index (Phi) is 4.99. The highest BCUT2D eigenvalue weighted by molar-refractivity contribution is 6.45. The van der Waals surface area contributed by atoms with Crippen molar-refractivity contribution in [1.29, 1.82) is 0 Å². The van der Waals surface area contributed by atoms with E-state index in [9.17, 15) is 9.59 Å². The van der Waals surface area contributed by atoms with Crippen molar-refractivity contribution >= 4 is 11.6 Å². The van der Waals surface area contributed by atoms with E-state index in [0.717, 1.165) is 0 Å². The van der Waals surface area contributed by atoms with Crippen LogP contribution in [0, 0.1) is 0 Å². The first-order valence-corrected chi connectivity index (χ1v) is 3.72. The maximum Gasteiger partial charge on any atom is 0.225 e. The van der Waals surface area contributed by atoms with Gasteiger partial charge in [-0.25, -0.2) is 0 Å². The molecular weight excluding hydrogens is 140 g/mol. The van der Waals surface area contributed by atoms with Crippen LogP contribution in [0.4, 0.5) is 0 Å². The van der Waals surface area contributed by atoms with Crippen LogP contribution < -0.4 is 0 Å². The van der Waals surface area contributed by atoms with Crippen LogP contribution in [0.25, 0.3) is 0 Å². The molecule has 0 atom stereocenters. The standard InChI is InChI=1S/C7H6O2.C2H6/c8-6-4-2-1-3-5-7(6)9;1-2/h2-5H,1H2;1-2H3. The van der Waals surface area contributed by atoms with Crippen molar-refractivity contribution in [3.8, 4) is 0 Å². The minimum absolute atomic E-state index is 0.427. The van der Waals surface area contributed by atoms with Crippen LogP contribution >= 0.6 is 0 Å². The van der Waals surface area contributed by atoms with Crippen molar-refractivity contribution in [2.45, 2.75) is 20.3 Å². The van der Waals surface area contributed by atoms with E-state index in [2.05, 4.69) is 0 Å². The van der Waals surface area contributed by atoms with Gasteiger partial charge < -0.3 is 0 Å². The molecule has 2 heteroatoms. The zero-order valence-corrected chi connectivity index (χ0v) is 6.83. The molecule has 0 unspecified atom stereocenters. The maximum atomic E-state index is 10.5. The number of hydrogen-bond donors (Lipinski definition) is 0. The van der Waals surface area contributed by atoms with Gasteiger partial charge in [0, 0.05) is 0 Å². The first kappa shape index (κ1) is 9.82. The second kappa shape index (κ2) is 5.59. The Morgan fingerprint density at radius 1 is 1.00 bits per heavy atom. The van der Waals surface area contributed by atoms with Gasteiger partial charge in [0.1, 0.15) is 0 Å². The van der Waals surface area contributed by atoms with E-state index in [1.807, 2.05) is 13.8 Å². The lowest BCUT2D eigenvalue weighted by Crippen LogP contribution is -2.05. The van der Waals surface area contributed by atoms with Gasteiger partial charge in [-0.3, -0.25) is 9.59 Å². The quantitative estimate of drug-likeness (QED) is 0.495. The van der Waals surface area contributed by atoms with Gasteiger partial charge in [-0.1, -0.05) is 26.0 Å². The first-order valence-electron chi connectivity index (χ1n) is 3.72. The molecule has 0 fully saturated rings. The number of allylic oxidation sites excluding steroid dienone is 4. The number of hydrogen-bond acceptors (Lipinski definition) is 2. The lowest BCUT2D eigenvalue weighted by Gasteiger charge is -1.78. The summed E-state index contributed by atoms with van der Waals surface area (Å²) in [4.78, 5) is 21.1. The number of rotatable bonds is 0. The van der Waals surface area contributed by atoms with Crippen molar-refractivity contribution in [1.82, 2.24) is 0 Å². The average Bonchev–Trinajstić information content (AvgIpc) is 2.22. The predicted octanol–water partition coefficient (Wildman–Crippen LogP) is 1.67. The monoisotopic (exact) mass is 152 g/mol. The molecule has 0 saturated heterocycles. The minimum Gasteiger partial charge on any atom is -0.286 e. The summed E-state index contributed by atoms with van der Waals surface area (Å²) in [7, 11) is 0. The average molecular weight is 152 g/mol. The van der Waals surface area contributed by atoms with E-state index in [4.69, 9.17) is 0 Å². The van der Waals surface area contributed by atoms with Gasteiger partial charge in [0.15, 0.2) is 0 Å². The number of ketones is 2. The molecule has 0 amide bonds. The van der Waals surface area contributed by atoms with E-state index in [1.54, 1.807) is 12.2 Å². The Hall–Kier alpha value is -1.18. The Labute approximate surface area is 66.6 Å². The zero-order chi connectivity index (χ0) is 8.69. The fraction of sp³-hybridized carbons (Fsp3) is 0.333. The maximum absolute atomic E-state index is 10.5. The molecule has 0 aliphatic heterocycles. The van der Waals surface area contributed by atoms with Gasteiger partial charge in [0.25, 0.3) is 0 Å². The topological polar surface area (TPSA) is 34.1 Å². The van der Waals surface area contributed by atoms with E-state index < -0.39 is 11.6 Å². The number of carbonyl (C=O) groups excluding carboxylic acids is 2. The highest BCUT2D eigenvalue weighted by atomic mass is 16.2. The third kappa shape index (κ3) is 3.50. The fourth-order valence-corrected chi connectivity index (χ4v) is 0.593. The molecule has 60 valence electrons. The van der Waals surface area contributed by atoms with Gasteiger partial charge in [-0.2, -0.15) is 0 Å². The zero-order valence-electron chi connectivity index (χ0n) is 6.83. The predicted molar refractivity (Wildman–Crippen MR) is 44.3 cm³/mol. The second-order valence-corrected chi connectivity index (χ2v) is 1.77. The van der Waals surface area contributed by atoms with E-state index in [1.165, 1.54) is 12.2 Å². The third-order valence-corrected chi connectivity index (χ3v) is 1.05. The van der Waals surface area contributed by atoms with Gasteiger partial charge in [0.05, 0.1) is 0 Å². The Morgan fingerprint density at radius 2 is 1.36 bits per heavy atom. The van der Waals surface area contributed by atoms with Crippen LogP contribution in [0.2, 0.25) is 0 Å². The lowest BCUT2D eigenvalue weighted by atomic mass is 10.2. The molecule has 0 aromatic carbocycles. The van der Waals surface area contributed by atoms with Crippen molar-refractivity contribution in [3.63, 3.8) is 0 Å². The summed E-state index contributed by atoms with van der Waals surface area (Å²) in [5.74, 6) is -0.854. The molecule has 0 heterocycles. The van der Waals surface area contributed by atoms with Crippen LogP contribution in [0.3, 0.4) is 0 Å². The Balaban J connectivity index is 0.000000461. The summed E-state index contributed by atoms with van der Waals surface area (Å²) in [6.45, 7) is 4.00. The van der Waals surface area contributed by atoms with E-state index in [-0.39, 0.29) is 0 Å². The first-order chi connectivity index (χ1) is 5.30. The van der Waals surface area contributed by atoms with Gasteiger partial charge in [-0.15, -0.1) is 0 Å². The van der Waals surface area contributed by atoms with Crippen molar-refractivity contribution in [3.05, 3.63) is 24.3 Å². The SMILES string of the molecule is CC.O=C1C=CCC=CC1=O. The van der Waals surface area contributed by atoms with Crippen LogP contribution in [0.5, 0.6) is 0 Å². The summed E-state index contributed by atoms with van der Waals surface area (Å²) >= 11 is 0. The van der Waals surface area contributed by atoms with Crippen LogP contribution in [-0.4, -0.2) is 11.6 Å². The molecular formula is C9H12O2. The molecule has 11 heavy (non-hydrogen) atoms. The molecule has 0 N–H and O–H groups in total. The molecule has 0 bridgehead atoms. The normalized spacial score (nSPS) is 15.5. The van der Waals surface area contributed by atoms with Crippen LogP contribution in [-0.2, 0) is 9.59 Å². The van der Waals surface area contributed by atoms with Gasteiger partial charge in [-0.05, 0) is 18.6 Å². The van der Waals surface area contributed by atoms with Gasteiger partial charge >= 0.3 is 0 Å². The summed E-state index contributed by atoms with van der Waals surface area (Å²) in [5, 5.41) is 0. The summed E-state index contributed by atoms with van der Waals surface area (Å²) in [5.41, 5.74) is 0. The molecule has 0 aromatic rings. The highest BCUT2D eigenvalue weighted by Gasteiger charge is 2.06. The smallest absolute Gasteiger partial charge is 0.225 e. The second-order valence-electron chi connectivity index (χ2n) is 1.77. The molecule has 0 spiro atoms. The molecule has 1 aliphatic rings. The number of carbonyl (C=O) groups is 2. The molecule has 0 saturated carbocycles. The lowest BCUT2D eigenvalue weighted by molar-refractivity contribution is -0.130. The summed E-state index contributed by atoms with van der Waals surface area (Å²) in [6, 6.07) is 0. The van der Waals surface area contributed by atoms with Gasteiger partial charge in [0.2, 0.25) is 11.6 Å². The summed E-state index contributed by atoms with van der Waals surface area (Å²) in [6.07, 6.45) is 6.63. The van der Waals surface area contributed by atoms with Crippen molar-refractivity contribution in [2.75, 3.05) is 0 Å². The van der Waals surface area contributed by atoms with E-state index in [0.29, 0.717) is 6.42 Å². The summed E-state index contributed by atoms with van der Waals surface area (Å²) < 4.78 is 0. The molecule has 0 radical (unpaired) electrons. The van der Waals surface area contributed by atoms with Crippen LogP contribution in [0.15, 0.2) is 24.3 Å². The Morgan fingerprint density at radius 3 is 1.73 bits per heavy atom. The largest absolute Gasteiger partial charge is 0.286 e. The fourth-order valence-electron chi connectivity index (χ4n) is 0.593. The molecule has 1 rings (SSSR count). The highest BCUT2D eigenvalue weighted by Crippen LogP contribution is 1.94.